The van der Waals surface area contributed by atoms with Crippen molar-refractivity contribution in [3.63, 3.8) is 0 Å². The van der Waals surface area contributed by atoms with Crippen molar-refractivity contribution in [2.24, 2.45) is 0 Å². The lowest BCUT2D eigenvalue weighted by atomic mass is 9.62. The first kappa shape index (κ1) is 10.1. The molecule has 1 heteroatoms. The van der Waals surface area contributed by atoms with Crippen LogP contribution in [0.25, 0.3) is 0 Å². The Kier molecular flexibility index (Phi) is 5.55. The third kappa shape index (κ3) is 4.18. The summed E-state index contributed by atoms with van der Waals surface area (Å²) in [5.41, 5.74) is 0. The Morgan fingerprint density at radius 2 is 1.17 bits per heavy atom. The molecular weight excluding hydrogens is 143 g/mol. The van der Waals surface area contributed by atoms with Crippen LogP contribution in [0, 0.1) is 0 Å². The molecule has 1 aliphatic rings. The molecule has 1 fully saturated rings. The molecule has 0 bridgehead atoms. The fraction of sp³-hybridized carbons (Fsp3) is 1.00. The van der Waals surface area contributed by atoms with Gasteiger partial charge in [-0.1, -0.05) is 70.4 Å². The summed E-state index contributed by atoms with van der Waals surface area (Å²) in [5.74, 6) is 0.933. The van der Waals surface area contributed by atoms with Crippen LogP contribution >= 0.6 is 0 Å². The lowest BCUT2D eigenvalue weighted by Gasteiger charge is -2.15. The second-order valence-corrected chi connectivity index (χ2v) is 4.15. The van der Waals surface area contributed by atoms with E-state index in [0.717, 1.165) is 5.82 Å². The molecule has 1 aliphatic carbocycles. The minimum Gasteiger partial charge on any atom is -0.0917 e. The van der Waals surface area contributed by atoms with Gasteiger partial charge in [0.15, 0.2) is 0 Å². The fourth-order valence-electron chi connectivity index (χ4n) is 2.17. The molecule has 0 aromatic carbocycles. The van der Waals surface area contributed by atoms with E-state index in [1.807, 2.05) is 0 Å². The Morgan fingerprint density at radius 3 is 1.58 bits per heavy atom. The molecule has 0 aliphatic heterocycles. The van der Waals surface area contributed by atoms with Gasteiger partial charge in [-0.15, -0.1) is 0 Å². The quantitative estimate of drug-likeness (QED) is 0.514. The van der Waals surface area contributed by atoms with Gasteiger partial charge in [0.25, 0.3) is 0 Å². The minimum absolute atomic E-state index is 0.933. The minimum atomic E-state index is 0.933. The molecule has 0 saturated heterocycles. The normalized spacial score (nSPS) is 23.4. The van der Waals surface area contributed by atoms with Gasteiger partial charge in [-0.2, -0.15) is 0 Å². The van der Waals surface area contributed by atoms with Gasteiger partial charge in [0.1, 0.15) is 7.28 Å². The average molecular weight is 165 g/mol. The van der Waals surface area contributed by atoms with E-state index in [9.17, 15) is 0 Å². The van der Waals surface area contributed by atoms with Crippen LogP contribution in [0.4, 0.5) is 0 Å². The summed E-state index contributed by atoms with van der Waals surface area (Å²) in [6.45, 7) is 2.23. The van der Waals surface area contributed by atoms with Crippen LogP contribution in [-0.4, -0.2) is 7.28 Å². The average Bonchev–Trinajstić information content (AvgIpc) is 2.14. The highest BCUT2D eigenvalue weighted by Crippen LogP contribution is 2.24. The molecule has 1 saturated carbocycles. The van der Waals surface area contributed by atoms with E-state index in [2.05, 4.69) is 14.1 Å². The molecule has 0 spiro atoms. The first-order chi connectivity index (χ1) is 5.93. The van der Waals surface area contributed by atoms with Crippen LogP contribution in [-0.2, 0) is 0 Å². The Bertz CT molecular complexity index is 91.2. The summed E-state index contributed by atoms with van der Waals surface area (Å²) >= 11 is 0. The van der Waals surface area contributed by atoms with E-state index < -0.39 is 0 Å². The molecule has 0 unspecified atom stereocenters. The molecule has 1 radical (unpaired) electrons. The summed E-state index contributed by atoms with van der Waals surface area (Å²) < 4.78 is 0. The van der Waals surface area contributed by atoms with Gasteiger partial charge in [0.2, 0.25) is 0 Å². The lowest BCUT2D eigenvalue weighted by Crippen LogP contribution is -2.01. The lowest BCUT2D eigenvalue weighted by molar-refractivity contribution is 0.502. The van der Waals surface area contributed by atoms with Crippen molar-refractivity contribution < 1.29 is 0 Å². The van der Waals surface area contributed by atoms with Crippen molar-refractivity contribution in [1.82, 2.24) is 0 Å². The molecule has 0 aromatic rings. The highest BCUT2D eigenvalue weighted by atomic mass is 14.1. The zero-order valence-electron chi connectivity index (χ0n) is 8.52. The Morgan fingerprint density at radius 1 is 0.750 bits per heavy atom. The third-order valence-corrected chi connectivity index (χ3v) is 3.12. The Balaban J connectivity index is 2.17. The van der Waals surface area contributed by atoms with Crippen molar-refractivity contribution in [3.05, 3.63) is 0 Å². The maximum Gasteiger partial charge on any atom is 0.110 e. The van der Waals surface area contributed by atoms with E-state index >= 15 is 0 Å². The molecule has 69 valence electrons. The molecular formula is C11H22B. The first-order valence-electron chi connectivity index (χ1n) is 5.73. The van der Waals surface area contributed by atoms with Crippen LogP contribution in [0.5, 0.6) is 0 Å². The molecule has 0 N–H and O–H groups in total. The van der Waals surface area contributed by atoms with Gasteiger partial charge in [0.05, 0.1) is 0 Å². The molecule has 1 rings (SSSR count). The van der Waals surface area contributed by atoms with Crippen molar-refractivity contribution in [1.29, 1.82) is 0 Å². The Hall–Kier alpha value is 0.0649. The molecule has 0 heterocycles. The van der Waals surface area contributed by atoms with Crippen LogP contribution < -0.4 is 0 Å². The predicted octanol–water partition coefficient (Wildman–Crippen LogP) is 4.05. The second kappa shape index (κ2) is 6.57. The van der Waals surface area contributed by atoms with Gasteiger partial charge >= 0.3 is 0 Å². The monoisotopic (exact) mass is 165 g/mol. The van der Waals surface area contributed by atoms with Crippen LogP contribution in [0.2, 0.25) is 12.6 Å². The maximum atomic E-state index is 2.42. The molecule has 0 nitrogen and oxygen atoms in total. The van der Waals surface area contributed by atoms with Crippen molar-refractivity contribution in [2.45, 2.75) is 70.4 Å². The molecule has 12 heavy (non-hydrogen) atoms. The van der Waals surface area contributed by atoms with E-state index in [-0.39, 0.29) is 0 Å². The zero-order chi connectivity index (χ0) is 8.65. The predicted molar refractivity (Wildman–Crippen MR) is 56.9 cm³/mol. The van der Waals surface area contributed by atoms with Crippen LogP contribution in [0.1, 0.15) is 57.8 Å². The zero-order valence-corrected chi connectivity index (χ0v) is 8.52. The van der Waals surface area contributed by atoms with E-state index in [1.54, 1.807) is 0 Å². The maximum absolute atomic E-state index is 2.42. The topological polar surface area (TPSA) is 0 Å². The molecule has 0 amide bonds. The number of hydrogen-bond acceptors (Lipinski definition) is 0. The van der Waals surface area contributed by atoms with Crippen molar-refractivity contribution in [3.8, 4) is 0 Å². The summed E-state index contributed by atoms with van der Waals surface area (Å²) in [6.07, 6.45) is 13.2. The van der Waals surface area contributed by atoms with Crippen molar-refractivity contribution >= 4 is 7.28 Å². The smallest absolute Gasteiger partial charge is 0.0917 e. The third-order valence-electron chi connectivity index (χ3n) is 3.12. The number of rotatable bonds is 1. The first-order valence-corrected chi connectivity index (χ1v) is 5.73. The largest absolute Gasteiger partial charge is 0.110 e. The van der Waals surface area contributed by atoms with E-state index in [0.29, 0.717) is 0 Å². The van der Waals surface area contributed by atoms with E-state index in [4.69, 9.17) is 0 Å². The van der Waals surface area contributed by atoms with Gasteiger partial charge in [-0.05, 0) is 0 Å². The summed E-state index contributed by atoms with van der Waals surface area (Å²) in [7, 11) is 2.42. The number of hydrogen-bond donors (Lipinski definition) is 0. The highest BCUT2D eigenvalue weighted by molar-refractivity contribution is 6.35. The van der Waals surface area contributed by atoms with Gasteiger partial charge in [-0.3, -0.25) is 0 Å². The fourth-order valence-corrected chi connectivity index (χ4v) is 2.17. The highest BCUT2D eigenvalue weighted by Gasteiger charge is 2.07. The standard InChI is InChI=1S/C11H22B/c1-12-11-9-7-5-3-2-4-6-8-10-11/h11H,2-10H2,1H3. The van der Waals surface area contributed by atoms with E-state index in [1.165, 1.54) is 57.8 Å². The second-order valence-electron chi connectivity index (χ2n) is 4.15. The summed E-state index contributed by atoms with van der Waals surface area (Å²) in [6, 6.07) is 0. The summed E-state index contributed by atoms with van der Waals surface area (Å²) in [4.78, 5) is 0. The SMILES string of the molecule is C[B]C1CCCCCCCCC1. The van der Waals surface area contributed by atoms with Crippen LogP contribution in [0.15, 0.2) is 0 Å². The summed E-state index contributed by atoms with van der Waals surface area (Å²) in [5, 5.41) is 0. The van der Waals surface area contributed by atoms with Gasteiger partial charge in [-0.25, -0.2) is 0 Å². The molecule has 0 atom stereocenters. The van der Waals surface area contributed by atoms with Crippen LogP contribution in [0.3, 0.4) is 0 Å². The van der Waals surface area contributed by atoms with Gasteiger partial charge < -0.3 is 0 Å². The van der Waals surface area contributed by atoms with Gasteiger partial charge in [0, 0.05) is 0 Å². The van der Waals surface area contributed by atoms with Crippen molar-refractivity contribution in [2.75, 3.05) is 0 Å². The Labute approximate surface area is 78.4 Å². The molecule has 0 aromatic heterocycles.